The maximum Gasteiger partial charge on any atom is 0.272 e. The minimum Gasteiger partial charge on any atom is -0.496 e. The molecule has 3 N–H and O–H groups in total. The molecule has 0 spiro atoms. The normalized spacial score (nSPS) is 11.6. The van der Waals surface area contributed by atoms with Gasteiger partial charge >= 0.3 is 0 Å². The fourth-order valence-corrected chi connectivity index (χ4v) is 5.52. The summed E-state index contributed by atoms with van der Waals surface area (Å²) in [5, 5.41) is 8.55. The molecule has 0 aliphatic heterocycles. The highest BCUT2D eigenvalue weighted by molar-refractivity contribution is 8.00. The molecule has 0 bridgehead atoms. The summed E-state index contributed by atoms with van der Waals surface area (Å²) >= 11 is 7.54. The largest absolute Gasteiger partial charge is 0.496 e. The fraction of sp³-hybridized carbons (Fsp3) is 0.194. The number of carbonyl (C=O) groups is 3. The van der Waals surface area contributed by atoms with Crippen LogP contribution in [-0.2, 0) is 9.59 Å². The first-order valence-corrected chi connectivity index (χ1v) is 15.9. The quantitative estimate of drug-likeness (QED) is 0.0994. The molecule has 0 aromatic heterocycles. The number of carbonyl (C=O) groups excluding carboxylic acids is 3. The van der Waals surface area contributed by atoms with Crippen molar-refractivity contribution in [3.05, 3.63) is 106 Å². The highest BCUT2D eigenvalue weighted by atomic mass is 35.5. The second-order valence-electron chi connectivity index (χ2n) is 10.4. The van der Waals surface area contributed by atoms with Gasteiger partial charge in [-0.2, -0.15) is 0 Å². The van der Waals surface area contributed by atoms with E-state index in [2.05, 4.69) is 16.0 Å². The minimum absolute atomic E-state index is 0.0361. The summed E-state index contributed by atoms with van der Waals surface area (Å²) < 4.78 is 21.7. The summed E-state index contributed by atoms with van der Waals surface area (Å²) in [6, 6.07) is 22.3. The third-order valence-corrected chi connectivity index (χ3v) is 8.62. The molecule has 0 saturated heterocycles. The van der Waals surface area contributed by atoms with E-state index in [4.69, 9.17) is 30.5 Å². The van der Waals surface area contributed by atoms with Gasteiger partial charge < -0.3 is 34.9 Å². The highest BCUT2D eigenvalue weighted by Crippen LogP contribution is 2.36. The molecule has 0 aliphatic rings. The molecule has 0 heterocycles. The van der Waals surface area contributed by atoms with Crippen molar-refractivity contribution in [3.63, 3.8) is 0 Å². The Labute approximate surface area is 288 Å². The number of anilines is 2. The summed E-state index contributed by atoms with van der Waals surface area (Å²) in [5.41, 5.74) is 2.63. The van der Waals surface area contributed by atoms with Crippen LogP contribution in [-0.4, -0.2) is 51.4 Å². The van der Waals surface area contributed by atoms with Crippen LogP contribution in [0.4, 0.5) is 11.4 Å². The van der Waals surface area contributed by atoms with Crippen LogP contribution in [0.1, 0.15) is 28.4 Å². The monoisotopic (exact) mass is 689 g/mol. The number of benzene rings is 4. The molecule has 48 heavy (non-hydrogen) atoms. The van der Waals surface area contributed by atoms with E-state index in [-0.39, 0.29) is 11.6 Å². The molecule has 1 atom stereocenters. The number of hydrogen-bond donors (Lipinski definition) is 3. The van der Waals surface area contributed by atoms with Gasteiger partial charge in [-0.05, 0) is 74.0 Å². The molecule has 3 amide bonds. The van der Waals surface area contributed by atoms with Crippen molar-refractivity contribution in [1.29, 1.82) is 0 Å². The van der Waals surface area contributed by atoms with E-state index in [1.54, 1.807) is 85.8 Å². The number of amides is 3. The zero-order valence-corrected chi connectivity index (χ0v) is 28.9. The third kappa shape index (κ3) is 9.02. The molecule has 0 aliphatic carbocycles. The van der Waals surface area contributed by atoms with Gasteiger partial charge in [0.2, 0.25) is 5.91 Å². The minimum atomic E-state index is -0.573. The van der Waals surface area contributed by atoms with E-state index in [9.17, 15) is 14.4 Å². The smallest absolute Gasteiger partial charge is 0.272 e. The van der Waals surface area contributed by atoms with Gasteiger partial charge in [-0.3, -0.25) is 14.4 Å². The topological polar surface area (TPSA) is 124 Å². The van der Waals surface area contributed by atoms with E-state index >= 15 is 0 Å². The Kier molecular flexibility index (Phi) is 12.4. The Morgan fingerprint density at radius 3 is 2.02 bits per heavy atom. The average molecular weight is 690 g/mol. The summed E-state index contributed by atoms with van der Waals surface area (Å²) in [7, 11) is 6.00. The first kappa shape index (κ1) is 35.7. The molecule has 4 aromatic carbocycles. The molecule has 4 aromatic rings. The second kappa shape index (κ2) is 16.6. The second-order valence-corrected chi connectivity index (χ2v) is 12.2. The van der Waals surface area contributed by atoms with Gasteiger partial charge in [0, 0.05) is 38.9 Å². The van der Waals surface area contributed by atoms with Crippen molar-refractivity contribution in [1.82, 2.24) is 5.32 Å². The van der Waals surface area contributed by atoms with E-state index < -0.39 is 17.1 Å². The third-order valence-electron chi connectivity index (χ3n) is 7.10. The van der Waals surface area contributed by atoms with Crippen molar-refractivity contribution in [3.8, 4) is 23.0 Å². The van der Waals surface area contributed by atoms with E-state index in [1.165, 1.54) is 46.3 Å². The molecule has 4 rings (SSSR count). The predicted molar refractivity (Wildman–Crippen MR) is 190 cm³/mol. The van der Waals surface area contributed by atoms with E-state index in [0.717, 1.165) is 10.5 Å². The number of ether oxygens (including phenoxy) is 4. The molecule has 250 valence electrons. The van der Waals surface area contributed by atoms with E-state index in [0.29, 0.717) is 50.5 Å². The predicted octanol–water partition coefficient (Wildman–Crippen LogP) is 7.21. The van der Waals surface area contributed by atoms with Gasteiger partial charge in [-0.1, -0.05) is 29.8 Å². The number of methoxy groups -OCH3 is 4. The first-order valence-electron chi connectivity index (χ1n) is 14.7. The summed E-state index contributed by atoms with van der Waals surface area (Å²) in [6.45, 7) is 3.64. The van der Waals surface area contributed by atoms with Crippen LogP contribution in [0.5, 0.6) is 23.0 Å². The zero-order valence-electron chi connectivity index (χ0n) is 27.3. The Bertz CT molecular complexity index is 1820. The van der Waals surface area contributed by atoms with Crippen LogP contribution in [0, 0.1) is 6.92 Å². The number of halogens is 1. The van der Waals surface area contributed by atoms with E-state index in [1.807, 2.05) is 6.92 Å². The van der Waals surface area contributed by atoms with Crippen molar-refractivity contribution in [2.45, 2.75) is 24.0 Å². The summed E-state index contributed by atoms with van der Waals surface area (Å²) in [4.78, 5) is 40.5. The summed E-state index contributed by atoms with van der Waals surface area (Å²) in [6.07, 6.45) is 1.50. The van der Waals surface area contributed by atoms with Crippen LogP contribution in [0.3, 0.4) is 0 Å². The van der Waals surface area contributed by atoms with Crippen LogP contribution in [0.15, 0.2) is 89.5 Å². The maximum atomic E-state index is 13.6. The number of rotatable bonds is 13. The Morgan fingerprint density at radius 2 is 1.40 bits per heavy atom. The van der Waals surface area contributed by atoms with Crippen LogP contribution in [0.2, 0.25) is 5.02 Å². The van der Waals surface area contributed by atoms with Gasteiger partial charge in [-0.15, -0.1) is 11.8 Å². The number of hydrogen-bond acceptors (Lipinski definition) is 8. The molecular weight excluding hydrogens is 654 g/mol. The lowest BCUT2D eigenvalue weighted by Crippen LogP contribution is -2.30. The number of aryl methyl sites for hydroxylation is 1. The molecule has 12 heteroatoms. The Morgan fingerprint density at radius 1 is 0.771 bits per heavy atom. The summed E-state index contributed by atoms with van der Waals surface area (Å²) in [5.74, 6) is 0.461. The van der Waals surface area contributed by atoms with Gasteiger partial charge in [-0.25, -0.2) is 0 Å². The average Bonchev–Trinajstić information content (AvgIpc) is 3.10. The fourth-order valence-electron chi connectivity index (χ4n) is 4.50. The highest BCUT2D eigenvalue weighted by Gasteiger charge is 2.20. The molecule has 10 nitrogen and oxygen atoms in total. The van der Waals surface area contributed by atoms with Crippen molar-refractivity contribution >= 4 is 58.5 Å². The standard InChI is InChI=1S/C36H36ClN3O7S/c1-21-16-28(31(45-4)19-27(21)37)39-34(41)22(2)48-26-14-12-25(13-15-26)38-36(43)29(40-35(42)23-10-8-7-9-11-23)17-24-18-32(46-5)33(47-6)20-30(24)44-3/h7-20,22H,1-6H3,(H,38,43)(H,39,41)(H,40,42)/b29-17-. The van der Waals surface area contributed by atoms with Crippen molar-refractivity contribution in [2.24, 2.45) is 0 Å². The zero-order chi connectivity index (χ0) is 34.8. The van der Waals surface area contributed by atoms with Gasteiger partial charge in [0.25, 0.3) is 11.8 Å². The first-order chi connectivity index (χ1) is 23.1. The van der Waals surface area contributed by atoms with Gasteiger partial charge in [0.05, 0.1) is 39.4 Å². The Balaban J connectivity index is 1.52. The van der Waals surface area contributed by atoms with Crippen molar-refractivity contribution in [2.75, 3.05) is 39.1 Å². The molecule has 0 saturated carbocycles. The number of thioether (sulfide) groups is 1. The molecular formula is C36H36ClN3O7S. The van der Waals surface area contributed by atoms with Crippen LogP contribution >= 0.6 is 23.4 Å². The number of nitrogens with one attached hydrogen (secondary N) is 3. The molecule has 1 unspecified atom stereocenters. The molecule has 0 fully saturated rings. The Hall–Kier alpha value is -5.13. The molecule has 0 radical (unpaired) electrons. The van der Waals surface area contributed by atoms with Gasteiger partial charge in [0.15, 0.2) is 11.5 Å². The lowest BCUT2D eigenvalue weighted by Gasteiger charge is -2.16. The lowest BCUT2D eigenvalue weighted by atomic mass is 10.1. The van der Waals surface area contributed by atoms with Crippen LogP contribution < -0.4 is 34.9 Å². The van der Waals surface area contributed by atoms with Crippen LogP contribution in [0.25, 0.3) is 6.08 Å². The SMILES string of the molecule is COc1cc(OC)c(OC)cc1/C=C(\NC(=O)c1ccccc1)C(=O)Nc1ccc(SC(C)C(=O)Nc2cc(C)c(Cl)cc2OC)cc1. The maximum absolute atomic E-state index is 13.6. The van der Waals surface area contributed by atoms with Gasteiger partial charge in [0.1, 0.15) is 17.2 Å². The lowest BCUT2D eigenvalue weighted by molar-refractivity contribution is -0.115. The van der Waals surface area contributed by atoms with Crippen molar-refractivity contribution < 1.29 is 33.3 Å².